The minimum Gasteiger partial charge on any atom is -0.496 e. The van der Waals surface area contributed by atoms with Gasteiger partial charge in [-0.25, -0.2) is 0 Å². The van der Waals surface area contributed by atoms with Crippen LogP contribution in [0.3, 0.4) is 0 Å². The summed E-state index contributed by atoms with van der Waals surface area (Å²) in [7, 11) is 5.73. The molecule has 0 bridgehead atoms. The van der Waals surface area contributed by atoms with Crippen molar-refractivity contribution in [2.75, 3.05) is 28.4 Å². The molecule has 198 valence electrons. The Labute approximate surface area is 211 Å². The Bertz CT molecular complexity index is 1380. The molecule has 0 aliphatic heterocycles. The van der Waals surface area contributed by atoms with Crippen LogP contribution in [0.2, 0.25) is 0 Å². The summed E-state index contributed by atoms with van der Waals surface area (Å²) in [5.41, 5.74) is 5.94. The molecule has 1 heterocycles. The maximum absolute atomic E-state index is 13.4. The second kappa shape index (κ2) is 10.3. The van der Waals surface area contributed by atoms with Crippen LogP contribution in [-0.4, -0.2) is 68.0 Å². The van der Waals surface area contributed by atoms with Crippen LogP contribution < -0.4 is 30.1 Å². The van der Waals surface area contributed by atoms with E-state index in [4.69, 9.17) is 29.1 Å². The van der Waals surface area contributed by atoms with Gasteiger partial charge in [-0.2, -0.15) is 0 Å². The van der Waals surface area contributed by atoms with Crippen LogP contribution in [0, 0.1) is 5.92 Å². The van der Waals surface area contributed by atoms with Crippen LogP contribution in [0.25, 0.3) is 22.3 Å². The predicted molar refractivity (Wildman–Crippen MR) is 132 cm³/mol. The first-order valence-electron chi connectivity index (χ1n) is 11.4. The molecule has 1 fully saturated rings. The molecule has 1 aromatic heterocycles. The lowest BCUT2D eigenvalue weighted by Crippen LogP contribution is -2.53. The summed E-state index contributed by atoms with van der Waals surface area (Å²) < 4.78 is 27.8. The fourth-order valence-electron chi connectivity index (χ4n) is 4.95. The van der Waals surface area contributed by atoms with Gasteiger partial charge in [0, 0.05) is 29.2 Å². The average Bonchev–Trinajstić information content (AvgIpc) is 2.90. The number of fused-ring (bicyclic) bond motifs is 1. The Kier molecular flexibility index (Phi) is 7.30. The number of methoxy groups -OCH3 is 4. The van der Waals surface area contributed by atoms with Gasteiger partial charge in [0.25, 0.3) is 0 Å². The minimum atomic E-state index is -1.66. The van der Waals surface area contributed by atoms with E-state index in [0.717, 1.165) is 0 Å². The van der Waals surface area contributed by atoms with E-state index < -0.39 is 41.5 Å². The molecule has 4 rings (SSSR count). The van der Waals surface area contributed by atoms with Crippen molar-refractivity contribution >= 4 is 16.9 Å². The number of nitrogens with two attached hydrogens (primary N) is 1. The number of carbonyl (C=O) groups is 1. The fourth-order valence-corrected chi connectivity index (χ4v) is 4.95. The van der Waals surface area contributed by atoms with E-state index in [1.807, 2.05) is 0 Å². The molecule has 2 aromatic carbocycles. The SMILES string of the molecule is COc1ccc(-c2cc(=O)c3c(OC)c([C@@H]4C[C@H](C(N)=O)[C@H](O)[C@H](O)[C@@H]4O)c(OC)cc3o2)cc1OC. The van der Waals surface area contributed by atoms with Crippen molar-refractivity contribution in [3.05, 3.63) is 46.1 Å². The lowest BCUT2D eigenvalue weighted by Gasteiger charge is -2.40. The zero-order valence-corrected chi connectivity index (χ0v) is 20.8. The number of aliphatic hydroxyl groups is 3. The number of benzene rings is 2. The number of rotatable bonds is 7. The highest BCUT2D eigenvalue weighted by molar-refractivity contribution is 5.89. The van der Waals surface area contributed by atoms with E-state index in [1.54, 1.807) is 18.2 Å². The molecule has 0 spiro atoms. The molecule has 0 unspecified atom stereocenters. The van der Waals surface area contributed by atoms with Crippen molar-refractivity contribution in [1.29, 1.82) is 0 Å². The lowest BCUT2D eigenvalue weighted by molar-refractivity contribution is -0.146. The maximum atomic E-state index is 13.4. The first kappa shape index (κ1) is 26.3. The summed E-state index contributed by atoms with van der Waals surface area (Å²) in [6.45, 7) is 0. The highest BCUT2D eigenvalue weighted by atomic mass is 16.5. The molecule has 5 N–H and O–H groups in total. The van der Waals surface area contributed by atoms with Crippen molar-refractivity contribution in [3.63, 3.8) is 0 Å². The molecule has 1 amide bonds. The molecule has 11 heteroatoms. The second-order valence-corrected chi connectivity index (χ2v) is 8.77. The topological polar surface area (TPSA) is 171 Å². The number of primary amides is 1. The first-order chi connectivity index (χ1) is 17.7. The number of ether oxygens (including phenoxy) is 4. The monoisotopic (exact) mass is 515 g/mol. The molecular weight excluding hydrogens is 486 g/mol. The number of aliphatic hydroxyl groups excluding tert-OH is 3. The third kappa shape index (κ3) is 4.45. The molecule has 11 nitrogen and oxygen atoms in total. The summed E-state index contributed by atoms with van der Waals surface area (Å²) in [5.74, 6) is -1.47. The van der Waals surface area contributed by atoms with Gasteiger partial charge in [0.15, 0.2) is 16.9 Å². The van der Waals surface area contributed by atoms with Crippen LogP contribution in [-0.2, 0) is 4.79 Å². The standard InChI is InChI=1S/C26H29NO10/c1-33-15-6-5-11(7-17(15)34-2)16-9-14(28)21-19(37-16)10-18(35-3)20(25(21)36-4)12-8-13(26(27)32)23(30)24(31)22(12)29/h5-7,9-10,12-13,22-24,29-31H,8H2,1-4H3,(H2,27,32)/t12-,13-,22+,23-,24+/m0/s1. The zero-order valence-electron chi connectivity index (χ0n) is 20.8. The molecule has 37 heavy (non-hydrogen) atoms. The van der Waals surface area contributed by atoms with Gasteiger partial charge in [-0.15, -0.1) is 0 Å². The van der Waals surface area contributed by atoms with E-state index in [-0.39, 0.29) is 40.2 Å². The van der Waals surface area contributed by atoms with Gasteiger partial charge in [-0.1, -0.05) is 0 Å². The Morgan fingerprint density at radius 3 is 2.16 bits per heavy atom. The lowest BCUT2D eigenvalue weighted by atomic mass is 9.72. The second-order valence-electron chi connectivity index (χ2n) is 8.77. The summed E-state index contributed by atoms with van der Waals surface area (Å²) in [6, 6.07) is 7.83. The van der Waals surface area contributed by atoms with Gasteiger partial charge in [0.05, 0.1) is 46.6 Å². The van der Waals surface area contributed by atoms with E-state index in [2.05, 4.69) is 0 Å². The van der Waals surface area contributed by atoms with Gasteiger partial charge in [0.2, 0.25) is 5.91 Å². The van der Waals surface area contributed by atoms with E-state index in [9.17, 15) is 24.9 Å². The number of amides is 1. The third-order valence-corrected chi connectivity index (χ3v) is 6.83. The van der Waals surface area contributed by atoms with E-state index in [1.165, 1.54) is 40.6 Å². The summed E-state index contributed by atoms with van der Waals surface area (Å²) in [4.78, 5) is 25.3. The van der Waals surface area contributed by atoms with Crippen LogP contribution in [0.4, 0.5) is 0 Å². The van der Waals surface area contributed by atoms with Crippen LogP contribution >= 0.6 is 0 Å². The van der Waals surface area contributed by atoms with E-state index in [0.29, 0.717) is 17.1 Å². The zero-order chi connectivity index (χ0) is 27.0. The largest absolute Gasteiger partial charge is 0.496 e. The molecule has 0 saturated heterocycles. The van der Waals surface area contributed by atoms with Crippen molar-refractivity contribution in [2.45, 2.75) is 30.7 Å². The Morgan fingerprint density at radius 2 is 1.57 bits per heavy atom. The average molecular weight is 516 g/mol. The van der Waals surface area contributed by atoms with Crippen molar-refractivity contribution in [2.24, 2.45) is 11.7 Å². The Hall–Kier alpha value is -3.80. The van der Waals surface area contributed by atoms with Gasteiger partial charge in [-0.05, 0) is 24.6 Å². The predicted octanol–water partition coefficient (Wildman–Crippen LogP) is 1.17. The number of hydrogen-bond acceptors (Lipinski definition) is 10. The van der Waals surface area contributed by atoms with Gasteiger partial charge >= 0.3 is 0 Å². The third-order valence-electron chi connectivity index (χ3n) is 6.83. The summed E-state index contributed by atoms with van der Waals surface area (Å²) in [6.07, 6.45) is -4.81. The van der Waals surface area contributed by atoms with Crippen LogP contribution in [0.5, 0.6) is 23.0 Å². The van der Waals surface area contributed by atoms with Crippen LogP contribution in [0.1, 0.15) is 17.9 Å². The fraction of sp³-hybridized carbons (Fsp3) is 0.385. The van der Waals surface area contributed by atoms with Gasteiger partial charge < -0.3 is 44.4 Å². The van der Waals surface area contributed by atoms with Crippen LogP contribution in [0.15, 0.2) is 39.5 Å². The molecule has 1 aliphatic carbocycles. The molecule has 0 radical (unpaired) electrons. The minimum absolute atomic E-state index is 0.0535. The summed E-state index contributed by atoms with van der Waals surface area (Å²) >= 11 is 0. The van der Waals surface area contributed by atoms with Crippen molar-refractivity contribution in [3.8, 4) is 34.3 Å². The Balaban J connectivity index is 1.92. The first-order valence-corrected chi connectivity index (χ1v) is 11.4. The number of hydrogen-bond donors (Lipinski definition) is 4. The molecular formula is C26H29NO10. The van der Waals surface area contributed by atoms with Gasteiger partial charge in [-0.3, -0.25) is 9.59 Å². The normalized spacial score (nSPS) is 23.5. The summed E-state index contributed by atoms with van der Waals surface area (Å²) in [5, 5.41) is 31.6. The van der Waals surface area contributed by atoms with Crippen molar-refractivity contribution < 1.29 is 43.5 Å². The highest BCUT2D eigenvalue weighted by Gasteiger charge is 2.47. The van der Waals surface area contributed by atoms with Gasteiger partial charge in [0.1, 0.15) is 34.3 Å². The quantitative estimate of drug-likeness (QED) is 0.358. The molecule has 1 saturated carbocycles. The van der Waals surface area contributed by atoms with Crippen molar-refractivity contribution in [1.82, 2.24) is 0 Å². The number of carbonyl (C=O) groups excluding carboxylic acids is 1. The maximum Gasteiger partial charge on any atom is 0.223 e. The highest BCUT2D eigenvalue weighted by Crippen LogP contribution is 2.47. The smallest absolute Gasteiger partial charge is 0.223 e. The molecule has 1 aliphatic rings. The Morgan fingerprint density at radius 1 is 0.892 bits per heavy atom. The van der Waals surface area contributed by atoms with E-state index >= 15 is 0 Å². The molecule has 3 aromatic rings. The molecule has 5 atom stereocenters.